The molecule has 6 heteroatoms. The van der Waals surface area contributed by atoms with Crippen molar-refractivity contribution in [3.63, 3.8) is 0 Å². The van der Waals surface area contributed by atoms with Gasteiger partial charge in [-0.15, -0.1) is 0 Å². The van der Waals surface area contributed by atoms with Gasteiger partial charge in [0.15, 0.2) is 0 Å². The number of nitrogens with one attached hydrogen (secondary N) is 2. The lowest BCUT2D eigenvalue weighted by Crippen LogP contribution is -2.17. The molecule has 0 saturated heterocycles. The minimum Gasteiger partial charge on any atom is -0.462 e. The Labute approximate surface area is 85.6 Å². The van der Waals surface area contributed by atoms with Gasteiger partial charge in [-0.1, -0.05) is 0 Å². The molecule has 0 aliphatic carbocycles. The van der Waals surface area contributed by atoms with Crippen LogP contribution >= 0.6 is 0 Å². The minimum atomic E-state index is -0.659. The average molecular weight is 209 g/mol. The number of ether oxygens (including phenoxy) is 1. The molecule has 0 amide bonds. The maximum atomic E-state index is 11.4. The molecule has 0 unspecified atom stereocenters. The molecule has 80 valence electrons. The Morgan fingerprint density at radius 3 is 2.93 bits per heavy atom. The summed E-state index contributed by atoms with van der Waals surface area (Å²) in [5, 5.41) is 7.09. The van der Waals surface area contributed by atoms with E-state index in [0.29, 0.717) is 0 Å². The zero-order valence-corrected chi connectivity index (χ0v) is 8.16. The van der Waals surface area contributed by atoms with Gasteiger partial charge in [-0.05, 0) is 6.92 Å². The maximum Gasteiger partial charge on any atom is 0.339 e. The topological polar surface area (TPSA) is 109 Å². The molecule has 1 aromatic rings. The number of hydrogen-bond acceptors (Lipinski definition) is 5. The summed E-state index contributed by atoms with van der Waals surface area (Å²) in [7, 11) is 0. The van der Waals surface area contributed by atoms with Crippen LogP contribution in [0.5, 0.6) is 0 Å². The Morgan fingerprint density at radius 2 is 2.40 bits per heavy atom. The van der Waals surface area contributed by atoms with E-state index < -0.39 is 11.5 Å². The van der Waals surface area contributed by atoms with E-state index in [9.17, 15) is 9.59 Å². The molecule has 1 aromatic heterocycles. The molecular formula is C9H11N3O3. The van der Waals surface area contributed by atoms with E-state index in [1.54, 1.807) is 6.92 Å². The highest BCUT2D eigenvalue weighted by Gasteiger charge is 2.14. The monoisotopic (exact) mass is 209 g/mol. The van der Waals surface area contributed by atoms with Gasteiger partial charge in [-0.2, -0.15) is 0 Å². The van der Waals surface area contributed by atoms with Crippen molar-refractivity contribution in [2.75, 3.05) is 12.3 Å². The Hall–Kier alpha value is -2.11. The second kappa shape index (κ2) is 4.41. The van der Waals surface area contributed by atoms with E-state index in [0.717, 1.165) is 12.3 Å². The summed E-state index contributed by atoms with van der Waals surface area (Å²) in [5.41, 5.74) is 5.12. The molecule has 0 radical (unpaired) electrons. The van der Waals surface area contributed by atoms with Gasteiger partial charge in [-0.25, -0.2) is 4.79 Å². The normalized spacial score (nSPS) is 9.67. The van der Waals surface area contributed by atoms with Gasteiger partial charge in [0.25, 0.3) is 0 Å². The first-order valence-electron chi connectivity index (χ1n) is 4.30. The zero-order valence-electron chi connectivity index (χ0n) is 8.16. The van der Waals surface area contributed by atoms with Crippen molar-refractivity contribution in [3.8, 4) is 0 Å². The number of rotatable bonds is 3. The minimum absolute atomic E-state index is 0.00750. The van der Waals surface area contributed by atoms with Crippen LogP contribution in [0.2, 0.25) is 0 Å². The van der Waals surface area contributed by atoms with Gasteiger partial charge in [0.1, 0.15) is 5.82 Å². The second-order valence-corrected chi connectivity index (χ2v) is 2.74. The summed E-state index contributed by atoms with van der Waals surface area (Å²) in [5.74, 6) is -0.672. The molecule has 0 aliphatic heterocycles. The predicted molar refractivity (Wildman–Crippen MR) is 55.3 cm³/mol. The van der Waals surface area contributed by atoms with E-state index in [-0.39, 0.29) is 23.6 Å². The van der Waals surface area contributed by atoms with Gasteiger partial charge >= 0.3 is 5.97 Å². The van der Waals surface area contributed by atoms with E-state index >= 15 is 0 Å². The molecule has 0 atom stereocenters. The number of nitrogens with two attached hydrogens (primary N) is 1. The van der Waals surface area contributed by atoms with E-state index in [4.69, 9.17) is 15.9 Å². The molecule has 0 fully saturated rings. The predicted octanol–water partition coefficient (Wildman–Crippen LogP) is 0.131. The standard InChI is InChI=1S/C9H11N3O3/c1-2-15-9(14)5-3-7(13)12-8(11)6(5)4-10/h3-4,10H,2H2,1H3,(H3,11,12,13). The number of hydrogen-bond donors (Lipinski definition) is 3. The lowest BCUT2D eigenvalue weighted by atomic mass is 10.1. The van der Waals surface area contributed by atoms with Crippen LogP contribution < -0.4 is 11.3 Å². The summed E-state index contributed by atoms with van der Waals surface area (Å²) in [6.45, 7) is 1.85. The van der Waals surface area contributed by atoms with E-state index in [1.165, 1.54) is 0 Å². The molecule has 0 bridgehead atoms. The fraction of sp³-hybridized carbons (Fsp3) is 0.222. The van der Waals surface area contributed by atoms with Gasteiger partial charge < -0.3 is 20.9 Å². The van der Waals surface area contributed by atoms with Crippen molar-refractivity contribution in [2.45, 2.75) is 6.92 Å². The van der Waals surface area contributed by atoms with Crippen LogP contribution in [0.3, 0.4) is 0 Å². The third kappa shape index (κ3) is 2.22. The van der Waals surface area contributed by atoms with Crippen molar-refractivity contribution < 1.29 is 9.53 Å². The smallest absolute Gasteiger partial charge is 0.339 e. The first-order chi connectivity index (χ1) is 7.10. The fourth-order valence-corrected chi connectivity index (χ4v) is 1.12. The molecule has 1 heterocycles. The van der Waals surface area contributed by atoms with Crippen molar-refractivity contribution in [3.05, 3.63) is 27.5 Å². The highest BCUT2D eigenvalue weighted by molar-refractivity contribution is 6.01. The third-order valence-electron chi connectivity index (χ3n) is 1.75. The van der Waals surface area contributed by atoms with E-state index in [2.05, 4.69) is 4.98 Å². The SMILES string of the molecule is CCOC(=O)c1cc(=O)[nH]c(N)c1C=N. The number of H-pyrrole nitrogens is 1. The molecule has 1 rings (SSSR count). The number of carbonyl (C=O) groups excluding carboxylic acids is 1. The molecule has 15 heavy (non-hydrogen) atoms. The number of esters is 1. The molecule has 6 nitrogen and oxygen atoms in total. The second-order valence-electron chi connectivity index (χ2n) is 2.74. The maximum absolute atomic E-state index is 11.4. The van der Waals surface area contributed by atoms with Crippen LogP contribution in [0.1, 0.15) is 22.8 Å². The first-order valence-corrected chi connectivity index (χ1v) is 4.30. The molecule has 0 aliphatic rings. The van der Waals surface area contributed by atoms with Gasteiger partial charge in [-0.3, -0.25) is 4.79 Å². The van der Waals surface area contributed by atoms with Crippen molar-refractivity contribution in [1.29, 1.82) is 5.41 Å². The first kappa shape index (κ1) is 11.0. The zero-order chi connectivity index (χ0) is 11.4. The van der Waals surface area contributed by atoms with Gasteiger partial charge in [0.05, 0.1) is 12.2 Å². The number of pyridine rings is 1. The highest BCUT2D eigenvalue weighted by atomic mass is 16.5. The Kier molecular flexibility index (Phi) is 3.22. The summed E-state index contributed by atoms with van der Waals surface area (Å²) in [4.78, 5) is 24.8. The highest BCUT2D eigenvalue weighted by Crippen LogP contribution is 2.10. The van der Waals surface area contributed by atoms with Crippen LogP contribution in [-0.2, 0) is 4.74 Å². The average Bonchev–Trinajstić information content (AvgIpc) is 2.17. The molecular weight excluding hydrogens is 198 g/mol. The quantitative estimate of drug-likeness (QED) is 0.485. The van der Waals surface area contributed by atoms with Crippen LogP contribution in [0.15, 0.2) is 10.9 Å². The number of carbonyl (C=O) groups is 1. The van der Waals surface area contributed by atoms with Gasteiger partial charge in [0, 0.05) is 17.8 Å². The molecule has 0 aromatic carbocycles. The largest absolute Gasteiger partial charge is 0.462 e. The van der Waals surface area contributed by atoms with Crippen molar-refractivity contribution >= 4 is 18.0 Å². The summed E-state index contributed by atoms with van der Waals surface area (Å²) < 4.78 is 4.73. The third-order valence-corrected chi connectivity index (χ3v) is 1.75. The molecule has 4 N–H and O–H groups in total. The number of aromatic amines is 1. The lowest BCUT2D eigenvalue weighted by Gasteiger charge is -2.06. The van der Waals surface area contributed by atoms with Crippen molar-refractivity contribution in [2.24, 2.45) is 0 Å². The number of nitrogen functional groups attached to an aromatic ring is 1. The summed E-state index contributed by atoms with van der Waals surface area (Å²) in [6, 6.07) is 1.06. The summed E-state index contributed by atoms with van der Waals surface area (Å²) in [6.07, 6.45) is 0.900. The van der Waals surface area contributed by atoms with Crippen LogP contribution in [-0.4, -0.2) is 23.8 Å². The summed E-state index contributed by atoms with van der Waals surface area (Å²) >= 11 is 0. The Bertz CT molecular complexity index is 450. The number of anilines is 1. The fourth-order valence-electron chi connectivity index (χ4n) is 1.12. The number of aromatic nitrogens is 1. The molecule has 0 spiro atoms. The van der Waals surface area contributed by atoms with E-state index in [1.807, 2.05) is 0 Å². The molecule has 0 saturated carbocycles. The Balaban J connectivity index is 3.32. The van der Waals surface area contributed by atoms with Crippen LogP contribution in [0, 0.1) is 5.41 Å². The lowest BCUT2D eigenvalue weighted by molar-refractivity contribution is 0.0526. The van der Waals surface area contributed by atoms with Crippen molar-refractivity contribution in [1.82, 2.24) is 4.98 Å². The van der Waals surface area contributed by atoms with Crippen LogP contribution in [0.25, 0.3) is 0 Å². The Morgan fingerprint density at radius 1 is 1.73 bits per heavy atom. The van der Waals surface area contributed by atoms with Gasteiger partial charge in [0.2, 0.25) is 5.56 Å². The van der Waals surface area contributed by atoms with Crippen LogP contribution in [0.4, 0.5) is 5.82 Å².